The molecule has 2 atom stereocenters. The first kappa shape index (κ1) is 27.3. The standard InChI is InChI=1S/C26H32N4O7/c1-17-26(34)30(2)13-15-37-22-7-5-4-6-20(22)24(32)29-21(16-23(31)28-17)25(33)27-12-14-36-19-10-8-18(35-3)9-11-19/h4-11,17,21H,12-16H2,1-3H3,(H,27,33)(H,28,31)(H,29,32)/t17-,21-/m0/s1. The van der Waals surface area contributed by atoms with E-state index in [4.69, 9.17) is 14.2 Å². The largest absolute Gasteiger partial charge is 0.497 e. The summed E-state index contributed by atoms with van der Waals surface area (Å²) in [5.74, 6) is -0.383. The van der Waals surface area contributed by atoms with E-state index in [1.54, 1.807) is 69.6 Å². The number of rotatable bonds is 6. The van der Waals surface area contributed by atoms with Crippen molar-refractivity contribution in [2.75, 3.05) is 40.5 Å². The average Bonchev–Trinajstić information content (AvgIpc) is 2.90. The minimum absolute atomic E-state index is 0.137. The van der Waals surface area contributed by atoms with E-state index >= 15 is 0 Å². The third-order valence-electron chi connectivity index (χ3n) is 5.68. The molecule has 0 radical (unpaired) electrons. The minimum atomic E-state index is -1.19. The second kappa shape index (κ2) is 13.1. The zero-order valence-electron chi connectivity index (χ0n) is 21.1. The number of benzene rings is 2. The molecule has 198 valence electrons. The van der Waals surface area contributed by atoms with Crippen LogP contribution in [0.1, 0.15) is 23.7 Å². The smallest absolute Gasteiger partial charge is 0.255 e. The predicted octanol–water partition coefficient (Wildman–Crippen LogP) is 0.734. The van der Waals surface area contributed by atoms with E-state index in [1.807, 2.05) is 0 Å². The SMILES string of the molecule is COc1ccc(OCCNC(=O)[C@@H]2CC(=O)N[C@@H](C)C(=O)N(C)CCOc3ccccc3C(=O)N2)cc1. The Bertz CT molecular complexity index is 1110. The van der Waals surface area contributed by atoms with E-state index < -0.39 is 29.8 Å². The van der Waals surface area contributed by atoms with Gasteiger partial charge in [-0.3, -0.25) is 19.2 Å². The number of nitrogens with one attached hydrogen (secondary N) is 3. The van der Waals surface area contributed by atoms with Crippen molar-refractivity contribution in [3.63, 3.8) is 0 Å². The highest BCUT2D eigenvalue weighted by Gasteiger charge is 2.28. The van der Waals surface area contributed by atoms with Gasteiger partial charge in [-0.2, -0.15) is 0 Å². The fourth-order valence-corrected chi connectivity index (χ4v) is 3.64. The number of hydrogen-bond acceptors (Lipinski definition) is 7. The van der Waals surface area contributed by atoms with E-state index in [0.717, 1.165) is 0 Å². The third-order valence-corrected chi connectivity index (χ3v) is 5.68. The maximum Gasteiger partial charge on any atom is 0.255 e. The lowest BCUT2D eigenvalue weighted by Crippen LogP contribution is -2.52. The molecule has 1 heterocycles. The summed E-state index contributed by atoms with van der Waals surface area (Å²) in [7, 11) is 3.17. The molecular formula is C26H32N4O7. The lowest BCUT2D eigenvalue weighted by atomic mass is 10.1. The van der Waals surface area contributed by atoms with Crippen molar-refractivity contribution in [2.24, 2.45) is 0 Å². The molecule has 0 unspecified atom stereocenters. The summed E-state index contributed by atoms with van der Waals surface area (Å²) in [5, 5.41) is 7.90. The van der Waals surface area contributed by atoms with Crippen molar-refractivity contribution in [3.05, 3.63) is 54.1 Å². The fraction of sp³-hybridized carbons (Fsp3) is 0.385. The first-order valence-corrected chi connectivity index (χ1v) is 11.9. The van der Waals surface area contributed by atoms with Crippen LogP contribution in [-0.4, -0.2) is 81.1 Å². The van der Waals surface area contributed by atoms with Crippen LogP contribution in [0, 0.1) is 0 Å². The van der Waals surface area contributed by atoms with Gasteiger partial charge in [-0.1, -0.05) is 12.1 Å². The van der Waals surface area contributed by atoms with Crippen molar-refractivity contribution in [3.8, 4) is 17.2 Å². The Hall–Kier alpha value is -4.28. The van der Waals surface area contributed by atoms with Crippen LogP contribution in [0.2, 0.25) is 0 Å². The summed E-state index contributed by atoms with van der Waals surface area (Å²) in [4.78, 5) is 52.7. The highest BCUT2D eigenvalue weighted by Crippen LogP contribution is 2.19. The Morgan fingerprint density at radius 2 is 1.78 bits per heavy atom. The number of carbonyl (C=O) groups is 4. The highest BCUT2D eigenvalue weighted by molar-refractivity contribution is 6.01. The molecule has 1 aliphatic rings. The van der Waals surface area contributed by atoms with Crippen LogP contribution in [0.15, 0.2) is 48.5 Å². The number of amides is 4. The molecule has 0 saturated carbocycles. The molecule has 0 spiro atoms. The number of fused-ring (bicyclic) bond motifs is 1. The molecule has 11 heteroatoms. The Kier molecular flexibility index (Phi) is 9.70. The molecule has 3 N–H and O–H groups in total. The van der Waals surface area contributed by atoms with Crippen LogP contribution in [-0.2, 0) is 14.4 Å². The van der Waals surface area contributed by atoms with E-state index in [-0.39, 0.29) is 44.2 Å². The lowest BCUT2D eigenvalue weighted by Gasteiger charge is -2.25. The maximum atomic E-state index is 13.0. The Morgan fingerprint density at radius 3 is 2.51 bits per heavy atom. The zero-order chi connectivity index (χ0) is 26.8. The zero-order valence-corrected chi connectivity index (χ0v) is 21.1. The van der Waals surface area contributed by atoms with Crippen molar-refractivity contribution in [1.82, 2.24) is 20.9 Å². The van der Waals surface area contributed by atoms with Gasteiger partial charge in [0.2, 0.25) is 17.7 Å². The van der Waals surface area contributed by atoms with E-state index in [2.05, 4.69) is 16.0 Å². The molecule has 0 bridgehead atoms. The minimum Gasteiger partial charge on any atom is -0.497 e. The van der Waals surface area contributed by atoms with Gasteiger partial charge in [0, 0.05) is 7.05 Å². The molecular weight excluding hydrogens is 480 g/mol. The third kappa shape index (κ3) is 7.86. The van der Waals surface area contributed by atoms with Crippen molar-refractivity contribution in [1.29, 1.82) is 0 Å². The summed E-state index contributed by atoms with van der Waals surface area (Å²) in [6.45, 7) is 2.27. The molecule has 11 nitrogen and oxygen atoms in total. The molecule has 4 amide bonds. The molecule has 3 rings (SSSR count). The van der Waals surface area contributed by atoms with E-state index in [0.29, 0.717) is 17.2 Å². The number of carbonyl (C=O) groups excluding carboxylic acids is 4. The van der Waals surface area contributed by atoms with Crippen LogP contribution in [0.25, 0.3) is 0 Å². The summed E-state index contributed by atoms with van der Waals surface area (Å²) in [5.41, 5.74) is 0.211. The maximum absolute atomic E-state index is 13.0. The first-order chi connectivity index (χ1) is 17.8. The average molecular weight is 513 g/mol. The molecule has 2 aromatic carbocycles. The topological polar surface area (TPSA) is 135 Å². The molecule has 37 heavy (non-hydrogen) atoms. The summed E-state index contributed by atoms with van der Waals surface area (Å²) >= 11 is 0. The molecule has 2 aromatic rings. The van der Waals surface area contributed by atoms with Gasteiger partial charge in [0.25, 0.3) is 5.91 Å². The van der Waals surface area contributed by atoms with Gasteiger partial charge >= 0.3 is 0 Å². The van der Waals surface area contributed by atoms with Gasteiger partial charge in [-0.05, 0) is 43.3 Å². The normalized spacial score (nSPS) is 18.9. The predicted molar refractivity (Wildman–Crippen MR) is 135 cm³/mol. The second-order valence-electron chi connectivity index (χ2n) is 8.44. The molecule has 0 aromatic heterocycles. The van der Waals surface area contributed by atoms with Crippen LogP contribution in [0.5, 0.6) is 17.2 Å². The van der Waals surface area contributed by atoms with Gasteiger partial charge < -0.3 is 35.1 Å². The van der Waals surface area contributed by atoms with Gasteiger partial charge in [0.1, 0.15) is 42.5 Å². The molecule has 0 aliphatic carbocycles. The Morgan fingerprint density at radius 1 is 1.08 bits per heavy atom. The van der Waals surface area contributed by atoms with E-state index in [1.165, 1.54) is 4.90 Å². The van der Waals surface area contributed by atoms with Crippen molar-refractivity contribution < 1.29 is 33.4 Å². The van der Waals surface area contributed by atoms with Crippen molar-refractivity contribution in [2.45, 2.75) is 25.4 Å². The van der Waals surface area contributed by atoms with E-state index in [9.17, 15) is 19.2 Å². The molecule has 0 fully saturated rings. The quantitative estimate of drug-likeness (QED) is 0.486. The number of ether oxygens (including phenoxy) is 3. The highest BCUT2D eigenvalue weighted by atomic mass is 16.5. The van der Waals surface area contributed by atoms with Gasteiger partial charge in [0.15, 0.2) is 0 Å². The molecule has 1 aliphatic heterocycles. The summed E-state index contributed by atoms with van der Waals surface area (Å²) in [6, 6.07) is 11.5. The van der Waals surface area contributed by atoms with Crippen molar-refractivity contribution >= 4 is 23.6 Å². The Balaban J connectivity index is 1.69. The van der Waals surface area contributed by atoms with Gasteiger partial charge in [-0.25, -0.2) is 0 Å². The fourth-order valence-electron chi connectivity index (χ4n) is 3.64. The lowest BCUT2D eigenvalue weighted by molar-refractivity contribution is -0.135. The van der Waals surface area contributed by atoms with Crippen LogP contribution in [0.3, 0.4) is 0 Å². The summed E-state index contributed by atoms with van der Waals surface area (Å²) < 4.78 is 16.5. The van der Waals surface area contributed by atoms with Gasteiger partial charge in [0.05, 0.1) is 32.2 Å². The number of hydrogen-bond donors (Lipinski definition) is 3. The first-order valence-electron chi connectivity index (χ1n) is 11.9. The number of nitrogens with zero attached hydrogens (tertiary/aromatic N) is 1. The second-order valence-corrected chi connectivity index (χ2v) is 8.44. The number of methoxy groups -OCH3 is 1. The van der Waals surface area contributed by atoms with Crippen LogP contribution < -0.4 is 30.2 Å². The van der Waals surface area contributed by atoms with Gasteiger partial charge in [-0.15, -0.1) is 0 Å². The molecule has 0 saturated heterocycles. The number of likely N-dealkylation sites (N-methyl/N-ethyl adjacent to an activating group) is 1. The Labute approximate surface area is 215 Å². The monoisotopic (exact) mass is 512 g/mol. The summed E-state index contributed by atoms with van der Waals surface area (Å²) in [6.07, 6.45) is -0.360. The van der Waals surface area contributed by atoms with Crippen LogP contribution in [0.4, 0.5) is 0 Å². The number of para-hydroxylation sites is 1. The van der Waals surface area contributed by atoms with Crippen LogP contribution >= 0.6 is 0 Å².